The number of fused-ring (bicyclic) bond motifs is 2. The Morgan fingerprint density at radius 1 is 1.11 bits per heavy atom. The maximum atomic E-state index is 12.4. The normalized spacial score (nSPS) is 42.8. The molecule has 2 saturated carbocycles. The monoisotopic (exact) mass is 248 g/mol. The average Bonchev–Trinajstić information content (AvgIpc) is 2.93. The van der Waals surface area contributed by atoms with Gasteiger partial charge in [-0.2, -0.15) is 0 Å². The maximum absolute atomic E-state index is 12.4. The molecule has 5 unspecified atom stereocenters. The van der Waals surface area contributed by atoms with E-state index in [4.69, 9.17) is 5.73 Å². The average molecular weight is 248 g/mol. The van der Waals surface area contributed by atoms with Crippen LogP contribution in [0.25, 0.3) is 0 Å². The quantitative estimate of drug-likeness (QED) is 0.580. The van der Waals surface area contributed by atoms with Crippen LogP contribution in [0.3, 0.4) is 0 Å². The van der Waals surface area contributed by atoms with Crippen molar-refractivity contribution in [2.45, 2.75) is 57.0 Å². The highest BCUT2D eigenvalue weighted by atomic mass is 16.2. The highest BCUT2D eigenvalue weighted by Gasteiger charge is 2.40. The largest absolute Gasteiger partial charge is 0.352 e. The smallest absolute Gasteiger partial charge is 0.223 e. The Labute approximate surface area is 109 Å². The summed E-state index contributed by atoms with van der Waals surface area (Å²) in [6.07, 6.45) is 12.6. The van der Waals surface area contributed by atoms with Crippen LogP contribution in [0.2, 0.25) is 0 Å². The standard InChI is InChI=1S/C15H24N2O/c16-13-4-2-1-3-5-14(13)17-15(18)12-9-10-6-7-11(12)8-10/h6-7,10-14H,1-5,8-9,16H2,(H,17,18). The molecule has 3 heteroatoms. The Morgan fingerprint density at radius 3 is 2.67 bits per heavy atom. The number of hydrogen-bond donors (Lipinski definition) is 2. The van der Waals surface area contributed by atoms with Crippen molar-refractivity contribution in [3.8, 4) is 0 Å². The molecule has 5 atom stereocenters. The zero-order valence-electron chi connectivity index (χ0n) is 11.0. The van der Waals surface area contributed by atoms with Crippen molar-refractivity contribution in [2.24, 2.45) is 23.5 Å². The van der Waals surface area contributed by atoms with Gasteiger partial charge in [0.2, 0.25) is 5.91 Å². The fraction of sp³-hybridized carbons (Fsp3) is 0.800. The Bertz CT molecular complexity index is 352. The molecule has 0 heterocycles. The third-order valence-corrected chi connectivity index (χ3v) is 5.01. The highest BCUT2D eigenvalue weighted by molar-refractivity contribution is 5.80. The molecule has 1 amide bonds. The van der Waals surface area contributed by atoms with Crippen molar-refractivity contribution in [2.75, 3.05) is 0 Å². The molecule has 2 bridgehead atoms. The molecule has 0 spiro atoms. The van der Waals surface area contributed by atoms with Gasteiger partial charge in [-0.25, -0.2) is 0 Å². The van der Waals surface area contributed by atoms with Crippen LogP contribution in [-0.2, 0) is 4.79 Å². The Kier molecular flexibility index (Phi) is 3.42. The molecule has 0 aromatic carbocycles. The predicted molar refractivity (Wildman–Crippen MR) is 71.8 cm³/mol. The van der Waals surface area contributed by atoms with Crippen LogP contribution in [0.5, 0.6) is 0 Å². The molecule has 3 aliphatic rings. The van der Waals surface area contributed by atoms with Crippen LogP contribution in [0.1, 0.15) is 44.9 Å². The minimum absolute atomic E-state index is 0.158. The first-order chi connectivity index (χ1) is 8.74. The second-order valence-electron chi connectivity index (χ2n) is 6.30. The number of nitrogens with two attached hydrogens (primary N) is 1. The molecule has 3 aliphatic carbocycles. The second kappa shape index (κ2) is 5.04. The number of carbonyl (C=O) groups is 1. The number of carbonyl (C=O) groups excluding carboxylic acids is 1. The van der Waals surface area contributed by atoms with E-state index in [-0.39, 0.29) is 23.9 Å². The number of amides is 1. The summed E-state index contributed by atoms with van der Waals surface area (Å²) in [5.41, 5.74) is 6.17. The van der Waals surface area contributed by atoms with Crippen molar-refractivity contribution in [3.05, 3.63) is 12.2 Å². The van der Waals surface area contributed by atoms with Crippen LogP contribution < -0.4 is 11.1 Å². The molecule has 0 aliphatic heterocycles. The summed E-state index contributed by atoms with van der Waals surface area (Å²) in [7, 11) is 0. The topological polar surface area (TPSA) is 55.1 Å². The van der Waals surface area contributed by atoms with E-state index in [2.05, 4.69) is 17.5 Å². The van der Waals surface area contributed by atoms with Crippen LogP contribution in [0.4, 0.5) is 0 Å². The van der Waals surface area contributed by atoms with Crippen LogP contribution in [0.15, 0.2) is 12.2 Å². The lowest BCUT2D eigenvalue weighted by molar-refractivity contribution is -0.126. The van der Waals surface area contributed by atoms with Gasteiger partial charge in [-0.1, -0.05) is 31.4 Å². The van der Waals surface area contributed by atoms with Gasteiger partial charge in [0.1, 0.15) is 0 Å². The lowest BCUT2D eigenvalue weighted by Crippen LogP contribution is -2.49. The van der Waals surface area contributed by atoms with Gasteiger partial charge in [0.05, 0.1) is 0 Å². The van der Waals surface area contributed by atoms with Crippen molar-refractivity contribution < 1.29 is 4.79 Å². The third-order valence-electron chi connectivity index (χ3n) is 5.01. The lowest BCUT2D eigenvalue weighted by Gasteiger charge is -2.26. The van der Waals surface area contributed by atoms with Gasteiger partial charge in [0.25, 0.3) is 0 Å². The number of nitrogens with one attached hydrogen (secondary N) is 1. The van der Waals surface area contributed by atoms with Crippen molar-refractivity contribution >= 4 is 5.91 Å². The molecular weight excluding hydrogens is 224 g/mol. The highest BCUT2D eigenvalue weighted by Crippen LogP contribution is 2.43. The van der Waals surface area contributed by atoms with E-state index < -0.39 is 0 Å². The zero-order valence-corrected chi connectivity index (χ0v) is 11.0. The summed E-state index contributed by atoms with van der Waals surface area (Å²) < 4.78 is 0. The van der Waals surface area contributed by atoms with Gasteiger partial charge in [0, 0.05) is 18.0 Å². The molecule has 3 N–H and O–H groups in total. The van der Waals surface area contributed by atoms with Gasteiger partial charge < -0.3 is 11.1 Å². The van der Waals surface area contributed by atoms with E-state index >= 15 is 0 Å². The summed E-state index contributed by atoms with van der Waals surface area (Å²) in [4.78, 5) is 12.4. The van der Waals surface area contributed by atoms with E-state index in [9.17, 15) is 4.79 Å². The van der Waals surface area contributed by atoms with Gasteiger partial charge >= 0.3 is 0 Å². The molecule has 0 aromatic heterocycles. The molecule has 3 nitrogen and oxygen atoms in total. The van der Waals surface area contributed by atoms with E-state index in [1.54, 1.807) is 0 Å². The van der Waals surface area contributed by atoms with Gasteiger partial charge in [-0.15, -0.1) is 0 Å². The van der Waals surface area contributed by atoms with E-state index in [1.807, 2.05) is 0 Å². The molecule has 0 radical (unpaired) electrons. The van der Waals surface area contributed by atoms with Gasteiger partial charge in [0.15, 0.2) is 0 Å². The van der Waals surface area contributed by atoms with E-state index in [0.717, 1.165) is 19.3 Å². The lowest BCUT2D eigenvalue weighted by atomic mass is 9.92. The molecule has 18 heavy (non-hydrogen) atoms. The molecule has 0 aromatic rings. The molecule has 2 fully saturated rings. The summed E-state index contributed by atoms with van der Waals surface area (Å²) >= 11 is 0. The Hall–Kier alpha value is -0.830. The second-order valence-corrected chi connectivity index (χ2v) is 6.30. The molecule has 100 valence electrons. The maximum Gasteiger partial charge on any atom is 0.223 e. The third kappa shape index (κ3) is 2.33. The fourth-order valence-corrected chi connectivity index (χ4v) is 3.89. The van der Waals surface area contributed by atoms with Gasteiger partial charge in [-0.3, -0.25) is 4.79 Å². The number of allylic oxidation sites excluding steroid dienone is 2. The number of rotatable bonds is 2. The summed E-state index contributed by atoms with van der Waals surface area (Å²) in [6.45, 7) is 0. The summed E-state index contributed by atoms with van der Waals surface area (Å²) in [5, 5.41) is 3.24. The first kappa shape index (κ1) is 12.2. The zero-order chi connectivity index (χ0) is 12.5. The van der Waals surface area contributed by atoms with Gasteiger partial charge in [-0.05, 0) is 37.5 Å². The van der Waals surface area contributed by atoms with Crippen LogP contribution in [-0.4, -0.2) is 18.0 Å². The molecule has 3 rings (SSSR count). The summed E-state index contributed by atoms with van der Waals surface area (Å²) in [5.74, 6) is 1.63. The summed E-state index contributed by atoms with van der Waals surface area (Å²) in [6, 6.07) is 0.369. The van der Waals surface area contributed by atoms with E-state index in [0.29, 0.717) is 11.8 Å². The van der Waals surface area contributed by atoms with Crippen molar-refractivity contribution in [1.29, 1.82) is 0 Å². The minimum Gasteiger partial charge on any atom is -0.352 e. The van der Waals surface area contributed by atoms with Crippen molar-refractivity contribution in [3.63, 3.8) is 0 Å². The predicted octanol–water partition coefficient (Wildman–Crippen LogP) is 1.97. The Balaban J connectivity index is 1.58. The molecule has 0 saturated heterocycles. The van der Waals surface area contributed by atoms with Crippen LogP contribution >= 0.6 is 0 Å². The number of hydrogen-bond acceptors (Lipinski definition) is 2. The van der Waals surface area contributed by atoms with Crippen LogP contribution in [0, 0.1) is 17.8 Å². The minimum atomic E-state index is 0.158. The molecular formula is C15H24N2O. The first-order valence-corrected chi connectivity index (χ1v) is 7.48. The fourth-order valence-electron chi connectivity index (χ4n) is 3.89. The Morgan fingerprint density at radius 2 is 1.94 bits per heavy atom. The van der Waals surface area contributed by atoms with E-state index in [1.165, 1.54) is 25.7 Å². The first-order valence-electron chi connectivity index (χ1n) is 7.48. The van der Waals surface area contributed by atoms with Crippen molar-refractivity contribution in [1.82, 2.24) is 5.32 Å². The SMILES string of the molecule is NC1CCCCCC1NC(=O)C1CC2C=CC1C2.